The summed E-state index contributed by atoms with van der Waals surface area (Å²) in [4.78, 5) is 30.2. The van der Waals surface area contributed by atoms with Crippen LogP contribution in [0.15, 0.2) is 24.3 Å². The van der Waals surface area contributed by atoms with Gasteiger partial charge in [-0.3, -0.25) is 14.4 Å². The Morgan fingerprint density at radius 3 is 1.97 bits per heavy atom. The van der Waals surface area contributed by atoms with Crippen LogP contribution in [0.3, 0.4) is 0 Å². The van der Waals surface area contributed by atoms with E-state index in [1.54, 1.807) is 52.7 Å². The summed E-state index contributed by atoms with van der Waals surface area (Å²) < 4.78 is 28.3. The van der Waals surface area contributed by atoms with Crippen molar-refractivity contribution in [2.75, 3.05) is 41.7 Å². The summed E-state index contributed by atoms with van der Waals surface area (Å²) in [6.45, 7) is 0.541. The van der Waals surface area contributed by atoms with Crippen LogP contribution in [0.5, 0.6) is 0 Å². The first-order valence-electron chi connectivity index (χ1n) is 9.90. The molecule has 1 fully saturated rings. The molecule has 0 aromatic heterocycles. The molecule has 0 spiro atoms. The molecule has 1 aromatic rings. The van der Waals surface area contributed by atoms with Crippen LogP contribution in [0.4, 0.5) is 0 Å². The third kappa shape index (κ3) is 4.41. The zero-order valence-electron chi connectivity index (χ0n) is 17.7. The third-order valence-electron chi connectivity index (χ3n) is 5.49. The standard InChI is InChI=1S/C21H29NO8/c1-25-12-16-18(27-3)19(28-4)17(26-2)15(30-16)10-7-11-29-22-20(23)13-8-5-6-9-14(13)21(22)24/h5-6,8-9,15-19H,7,10-12H2,1-4H3/t15-,16-,17-,18-,19-/m1/s1. The number of benzene rings is 1. The van der Waals surface area contributed by atoms with Crippen molar-refractivity contribution < 1.29 is 38.1 Å². The van der Waals surface area contributed by atoms with Crippen LogP contribution in [-0.4, -0.2) is 89.1 Å². The number of imide groups is 1. The first-order valence-corrected chi connectivity index (χ1v) is 9.90. The monoisotopic (exact) mass is 423 g/mol. The number of carbonyl (C=O) groups excluding carboxylic acids is 2. The van der Waals surface area contributed by atoms with E-state index in [9.17, 15) is 9.59 Å². The summed E-state index contributed by atoms with van der Waals surface area (Å²) in [5, 5.41) is 0.826. The SMILES string of the molecule is COC[C@H]1O[C@H](CCCON2C(=O)c3ccccc3C2=O)[C@@H](OC)[C@@H](OC)[C@@H]1OC. The van der Waals surface area contributed by atoms with E-state index in [1.807, 2.05) is 0 Å². The van der Waals surface area contributed by atoms with Crippen molar-refractivity contribution in [3.05, 3.63) is 35.4 Å². The molecule has 1 aromatic carbocycles. The van der Waals surface area contributed by atoms with Crippen LogP contribution in [0.2, 0.25) is 0 Å². The van der Waals surface area contributed by atoms with Gasteiger partial charge in [0.05, 0.1) is 30.4 Å². The maximum atomic E-state index is 12.4. The van der Waals surface area contributed by atoms with Gasteiger partial charge in [-0.15, -0.1) is 5.06 Å². The maximum Gasteiger partial charge on any atom is 0.285 e. The molecule has 2 amide bonds. The Balaban J connectivity index is 1.57. The predicted molar refractivity (Wildman–Crippen MR) is 105 cm³/mol. The summed E-state index contributed by atoms with van der Waals surface area (Å²) >= 11 is 0. The number of methoxy groups -OCH3 is 4. The molecule has 0 N–H and O–H groups in total. The number of hydrogen-bond acceptors (Lipinski definition) is 8. The molecule has 30 heavy (non-hydrogen) atoms. The van der Waals surface area contributed by atoms with Crippen LogP contribution in [0.25, 0.3) is 0 Å². The molecule has 2 heterocycles. The van der Waals surface area contributed by atoms with E-state index >= 15 is 0 Å². The van der Waals surface area contributed by atoms with E-state index in [2.05, 4.69) is 0 Å². The van der Waals surface area contributed by atoms with Gasteiger partial charge in [0.2, 0.25) is 0 Å². The van der Waals surface area contributed by atoms with E-state index in [1.165, 1.54) is 0 Å². The summed E-state index contributed by atoms with van der Waals surface area (Å²) in [5.74, 6) is -0.886. The van der Waals surface area contributed by atoms with Crippen LogP contribution < -0.4 is 0 Å². The molecule has 2 aliphatic heterocycles. The van der Waals surface area contributed by atoms with Crippen molar-refractivity contribution in [3.63, 3.8) is 0 Å². The Labute approximate surface area is 176 Å². The molecular weight excluding hydrogens is 394 g/mol. The Kier molecular flexibility index (Phi) is 7.93. The Hall–Kier alpha value is -1.88. The molecule has 1 saturated heterocycles. The number of ether oxygens (including phenoxy) is 5. The van der Waals surface area contributed by atoms with Crippen molar-refractivity contribution in [2.45, 2.75) is 43.4 Å². The summed E-state index contributed by atoms with van der Waals surface area (Å²) in [6.07, 6.45) is -0.450. The molecule has 9 heteroatoms. The van der Waals surface area contributed by atoms with Crippen molar-refractivity contribution >= 4 is 11.8 Å². The zero-order valence-corrected chi connectivity index (χ0v) is 17.7. The lowest BCUT2D eigenvalue weighted by Crippen LogP contribution is -2.60. The van der Waals surface area contributed by atoms with E-state index in [0.717, 1.165) is 5.06 Å². The van der Waals surface area contributed by atoms with Gasteiger partial charge in [-0.05, 0) is 25.0 Å². The Morgan fingerprint density at radius 2 is 1.43 bits per heavy atom. The molecule has 0 aliphatic carbocycles. The zero-order chi connectivity index (χ0) is 21.7. The highest BCUT2D eigenvalue weighted by Crippen LogP contribution is 2.30. The Bertz CT molecular complexity index is 706. The average molecular weight is 423 g/mol. The van der Waals surface area contributed by atoms with Gasteiger partial charge in [0.1, 0.15) is 24.4 Å². The molecular formula is C21H29NO8. The lowest BCUT2D eigenvalue weighted by molar-refractivity contribution is -0.251. The minimum atomic E-state index is -0.443. The molecule has 166 valence electrons. The fraction of sp³-hybridized carbons (Fsp3) is 0.619. The van der Waals surface area contributed by atoms with E-state index in [0.29, 0.717) is 30.6 Å². The van der Waals surface area contributed by atoms with Gasteiger partial charge in [0.15, 0.2) is 0 Å². The molecule has 5 atom stereocenters. The molecule has 2 aliphatic rings. The quantitative estimate of drug-likeness (QED) is 0.413. The van der Waals surface area contributed by atoms with Crippen molar-refractivity contribution in [3.8, 4) is 0 Å². The molecule has 0 radical (unpaired) electrons. The predicted octanol–water partition coefficient (Wildman–Crippen LogP) is 1.45. The summed E-state index contributed by atoms with van der Waals surface area (Å²) in [7, 11) is 6.42. The molecule has 0 unspecified atom stereocenters. The lowest BCUT2D eigenvalue weighted by Gasteiger charge is -2.45. The van der Waals surface area contributed by atoms with Crippen LogP contribution >= 0.6 is 0 Å². The first-order chi connectivity index (χ1) is 14.6. The third-order valence-corrected chi connectivity index (χ3v) is 5.49. The second-order valence-corrected chi connectivity index (χ2v) is 7.20. The molecule has 0 saturated carbocycles. The van der Waals surface area contributed by atoms with Crippen molar-refractivity contribution in [2.24, 2.45) is 0 Å². The van der Waals surface area contributed by atoms with Gasteiger partial charge in [-0.25, -0.2) is 0 Å². The number of rotatable bonds is 10. The normalized spacial score (nSPS) is 28.8. The average Bonchev–Trinajstić information content (AvgIpc) is 3.01. The number of carbonyl (C=O) groups is 2. The number of nitrogens with zero attached hydrogens (tertiary/aromatic N) is 1. The summed E-state index contributed by atoms with van der Waals surface area (Å²) in [6, 6.07) is 6.67. The summed E-state index contributed by atoms with van der Waals surface area (Å²) in [5.41, 5.74) is 0.710. The van der Waals surface area contributed by atoms with Gasteiger partial charge >= 0.3 is 0 Å². The van der Waals surface area contributed by atoms with Crippen LogP contribution in [0.1, 0.15) is 33.6 Å². The number of hydroxylamine groups is 2. The lowest BCUT2D eigenvalue weighted by atomic mass is 9.92. The largest absolute Gasteiger partial charge is 0.382 e. The first kappa shape index (κ1) is 22.8. The maximum absolute atomic E-state index is 12.4. The van der Waals surface area contributed by atoms with Crippen LogP contribution in [-0.2, 0) is 28.5 Å². The fourth-order valence-corrected chi connectivity index (χ4v) is 4.08. The minimum Gasteiger partial charge on any atom is -0.382 e. The fourth-order valence-electron chi connectivity index (χ4n) is 4.08. The van der Waals surface area contributed by atoms with Crippen molar-refractivity contribution in [1.82, 2.24) is 5.06 Å². The second kappa shape index (κ2) is 10.4. The second-order valence-electron chi connectivity index (χ2n) is 7.20. The number of amides is 2. The van der Waals surface area contributed by atoms with Crippen molar-refractivity contribution in [1.29, 1.82) is 0 Å². The minimum absolute atomic E-state index is 0.183. The smallest absolute Gasteiger partial charge is 0.285 e. The van der Waals surface area contributed by atoms with E-state index in [4.69, 9.17) is 28.5 Å². The van der Waals surface area contributed by atoms with Gasteiger partial charge in [0, 0.05) is 28.4 Å². The van der Waals surface area contributed by atoms with Gasteiger partial charge in [-0.2, -0.15) is 0 Å². The van der Waals surface area contributed by atoms with Gasteiger partial charge < -0.3 is 23.7 Å². The van der Waals surface area contributed by atoms with Gasteiger partial charge in [0.25, 0.3) is 11.8 Å². The van der Waals surface area contributed by atoms with E-state index in [-0.39, 0.29) is 37.1 Å². The molecule has 9 nitrogen and oxygen atoms in total. The number of hydrogen-bond donors (Lipinski definition) is 0. The van der Waals surface area contributed by atoms with Gasteiger partial charge in [-0.1, -0.05) is 12.1 Å². The highest BCUT2D eigenvalue weighted by Gasteiger charge is 2.46. The van der Waals surface area contributed by atoms with Crippen LogP contribution in [0, 0.1) is 0 Å². The molecule has 0 bridgehead atoms. The number of fused-ring (bicyclic) bond motifs is 1. The Morgan fingerprint density at radius 1 is 0.867 bits per heavy atom. The van der Waals surface area contributed by atoms with E-state index < -0.39 is 11.8 Å². The highest BCUT2D eigenvalue weighted by atomic mass is 16.7. The topological polar surface area (TPSA) is 92.8 Å². The molecule has 3 rings (SSSR count). The highest BCUT2D eigenvalue weighted by molar-refractivity contribution is 6.20.